The maximum absolute atomic E-state index is 12.7. The van der Waals surface area contributed by atoms with Crippen molar-refractivity contribution < 1.29 is 27.5 Å². The van der Waals surface area contributed by atoms with Gasteiger partial charge in [0.05, 0.1) is 29.8 Å². The van der Waals surface area contributed by atoms with Gasteiger partial charge in [0.2, 0.25) is 5.91 Å². The molecule has 172 valence electrons. The molecule has 2 amide bonds. The number of H-pyrrole nitrogens is 1. The van der Waals surface area contributed by atoms with Crippen molar-refractivity contribution in [1.82, 2.24) is 25.2 Å². The molecule has 2 aromatic rings. The van der Waals surface area contributed by atoms with Gasteiger partial charge >= 0.3 is 6.18 Å². The van der Waals surface area contributed by atoms with Crippen LogP contribution < -0.4 is 10.6 Å². The van der Waals surface area contributed by atoms with Crippen LogP contribution in [0.2, 0.25) is 0 Å². The Hall–Kier alpha value is -3.15. The number of alkyl halides is 3. The van der Waals surface area contributed by atoms with E-state index >= 15 is 0 Å². The van der Waals surface area contributed by atoms with Crippen LogP contribution in [-0.2, 0) is 9.53 Å². The Morgan fingerprint density at radius 1 is 1.38 bits per heavy atom. The fraction of sp³-hybridized carbons (Fsp3) is 0.500. The third-order valence-corrected chi connectivity index (χ3v) is 5.83. The van der Waals surface area contributed by atoms with Crippen molar-refractivity contribution in [2.45, 2.75) is 37.2 Å². The van der Waals surface area contributed by atoms with Gasteiger partial charge in [-0.25, -0.2) is 9.97 Å². The number of likely N-dealkylation sites (tertiary alicyclic amines) is 1. The van der Waals surface area contributed by atoms with Crippen molar-refractivity contribution in [2.24, 2.45) is 5.92 Å². The maximum atomic E-state index is 12.7. The molecular formula is C20H23F3N6O3. The van der Waals surface area contributed by atoms with Crippen LogP contribution in [-0.4, -0.2) is 76.2 Å². The number of fused-ring (bicyclic) bond motifs is 1. The number of aromatic amines is 1. The quantitative estimate of drug-likeness (QED) is 0.577. The van der Waals surface area contributed by atoms with Gasteiger partial charge < -0.3 is 25.3 Å². The van der Waals surface area contributed by atoms with E-state index in [-0.39, 0.29) is 35.6 Å². The number of carbonyl (C=O) groups excluding carboxylic acids is 2. The number of aromatic nitrogens is 3. The van der Waals surface area contributed by atoms with E-state index in [0.29, 0.717) is 31.0 Å². The number of nitrogens with zero attached hydrogens (tertiary/aromatic N) is 3. The first kappa shape index (κ1) is 22.1. The van der Waals surface area contributed by atoms with Crippen molar-refractivity contribution in [3.63, 3.8) is 0 Å². The van der Waals surface area contributed by atoms with E-state index in [1.165, 1.54) is 18.5 Å². The van der Waals surface area contributed by atoms with Gasteiger partial charge in [0.1, 0.15) is 11.3 Å². The van der Waals surface area contributed by atoms with Crippen LogP contribution in [0, 0.1) is 5.92 Å². The zero-order valence-electron chi connectivity index (χ0n) is 17.3. The molecule has 0 aromatic carbocycles. The summed E-state index contributed by atoms with van der Waals surface area (Å²) in [6.07, 6.45) is -0.00894. The highest BCUT2D eigenvalue weighted by Gasteiger charge is 2.56. The summed E-state index contributed by atoms with van der Waals surface area (Å²) >= 11 is 0. The Balaban J connectivity index is 1.46. The third-order valence-electron chi connectivity index (χ3n) is 5.83. The predicted molar refractivity (Wildman–Crippen MR) is 109 cm³/mol. The number of rotatable bonds is 6. The second kappa shape index (κ2) is 8.41. The van der Waals surface area contributed by atoms with Crippen LogP contribution in [0.15, 0.2) is 25.0 Å². The Bertz CT molecular complexity index is 1040. The lowest BCUT2D eigenvalue weighted by atomic mass is 10.0. The summed E-state index contributed by atoms with van der Waals surface area (Å²) in [4.78, 5) is 37.5. The van der Waals surface area contributed by atoms with E-state index in [4.69, 9.17) is 4.74 Å². The average molecular weight is 452 g/mol. The van der Waals surface area contributed by atoms with Gasteiger partial charge in [-0.05, 0) is 18.9 Å². The molecule has 1 saturated carbocycles. The molecule has 1 aliphatic heterocycles. The van der Waals surface area contributed by atoms with Crippen LogP contribution in [0.3, 0.4) is 0 Å². The molecule has 3 N–H and O–H groups in total. The van der Waals surface area contributed by atoms with Crippen LogP contribution in [0.5, 0.6) is 0 Å². The molecule has 4 rings (SSSR count). The molecule has 1 saturated heterocycles. The van der Waals surface area contributed by atoms with E-state index in [2.05, 4.69) is 32.2 Å². The predicted octanol–water partition coefficient (Wildman–Crippen LogP) is 1.85. The maximum Gasteiger partial charge on any atom is 0.393 e. The summed E-state index contributed by atoms with van der Waals surface area (Å²) < 4.78 is 43.7. The number of carbonyl (C=O) groups is 2. The number of halogens is 3. The summed E-state index contributed by atoms with van der Waals surface area (Å²) in [7, 11) is 1.55. The molecule has 0 radical (unpaired) electrons. The molecule has 32 heavy (non-hydrogen) atoms. The monoisotopic (exact) mass is 452 g/mol. The number of nitrogens with one attached hydrogen (secondary N) is 3. The highest BCUT2D eigenvalue weighted by Crippen LogP contribution is 2.44. The fourth-order valence-electron chi connectivity index (χ4n) is 3.94. The second-order valence-corrected chi connectivity index (χ2v) is 7.92. The summed E-state index contributed by atoms with van der Waals surface area (Å²) in [6, 6.07) is -1.08. The topological polar surface area (TPSA) is 112 Å². The van der Waals surface area contributed by atoms with Gasteiger partial charge in [-0.1, -0.05) is 6.58 Å². The van der Waals surface area contributed by atoms with Crippen molar-refractivity contribution in [3.8, 4) is 0 Å². The van der Waals surface area contributed by atoms with E-state index in [1.807, 2.05) is 0 Å². The Labute approximate surface area is 181 Å². The zero-order chi connectivity index (χ0) is 23.0. The Kier molecular flexibility index (Phi) is 5.80. The minimum Gasteiger partial charge on any atom is -0.377 e. The molecule has 3 heterocycles. The Morgan fingerprint density at radius 3 is 2.81 bits per heavy atom. The molecule has 12 heteroatoms. The third kappa shape index (κ3) is 4.40. The standard InChI is InChI=1S/C20H23F3N6O3/c1-3-16(30)29-5-4-12(14(9-29)32-2)26-15-8-25-18-17(28-15)10(7-24-18)19(31)27-13-6-11(13)20(21,22)23/h3,7-8,11-14H,1,4-6,9H2,2H3,(H,24,25)(H,26,28)(H,27,31)/t11-,12+,13?,14?/m1/s1. The number of amides is 2. The summed E-state index contributed by atoms with van der Waals surface area (Å²) in [5, 5.41) is 5.64. The lowest BCUT2D eigenvalue weighted by Gasteiger charge is -2.37. The van der Waals surface area contributed by atoms with Crippen LogP contribution >= 0.6 is 0 Å². The van der Waals surface area contributed by atoms with Crippen molar-refractivity contribution in [3.05, 3.63) is 30.6 Å². The summed E-state index contributed by atoms with van der Waals surface area (Å²) in [5.41, 5.74) is 0.724. The molecule has 4 atom stereocenters. The molecule has 2 aliphatic rings. The lowest BCUT2D eigenvalue weighted by Crippen LogP contribution is -2.52. The van der Waals surface area contributed by atoms with E-state index in [9.17, 15) is 22.8 Å². The van der Waals surface area contributed by atoms with Gasteiger partial charge in [-0.15, -0.1) is 0 Å². The van der Waals surface area contributed by atoms with Crippen molar-refractivity contribution in [1.29, 1.82) is 0 Å². The molecule has 2 aromatic heterocycles. The number of piperidine rings is 1. The fourth-order valence-corrected chi connectivity index (χ4v) is 3.94. The summed E-state index contributed by atoms with van der Waals surface area (Å²) in [6.45, 7) is 4.40. The van der Waals surface area contributed by atoms with Crippen LogP contribution in [0.1, 0.15) is 23.2 Å². The molecule has 0 spiro atoms. The van der Waals surface area contributed by atoms with Crippen molar-refractivity contribution >= 4 is 28.8 Å². The lowest BCUT2D eigenvalue weighted by molar-refractivity contribution is -0.148. The minimum atomic E-state index is -4.32. The first-order valence-electron chi connectivity index (χ1n) is 10.1. The largest absolute Gasteiger partial charge is 0.393 e. The molecule has 2 unspecified atom stereocenters. The molecule has 9 nitrogen and oxygen atoms in total. The number of hydrogen-bond acceptors (Lipinski definition) is 6. The molecule has 2 fully saturated rings. The number of hydrogen-bond donors (Lipinski definition) is 3. The molecular weight excluding hydrogens is 429 g/mol. The van der Waals surface area contributed by atoms with Crippen LogP contribution in [0.25, 0.3) is 11.2 Å². The highest BCUT2D eigenvalue weighted by atomic mass is 19.4. The van der Waals surface area contributed by atoms with Gasteiger partial charge in [0.15, 0.2) is 5.65 Å². The van der Waals surface area contributed by atoms with Gasteiger partial charge in [0.25, 0.3) is 5.91 Å². The minimum absolute atomic E-state index is 0.123. The van der Waals surface area contributed by atoms with Gasteiger partial charge in [0, 0.05) is 32.4 Å². The number of anilines is 1. The van der Waals surface area contributed by atoms with Gasteiger partial charge in [-0.3, -0.25) is 9.59 Å². The molecule has 0 bridgehead atoms. The first-order chi connectivity index (χ1) is 15.2. The molecule has 1 aliphatic carbocycles. The number of methoxy groups -OCH3 is 1. The second-order valence-electron chi connectivity index (χ2n) is 7.92. The first-order valence-corrected chi connectivity index (χ1v) is 10.1. The van der Waals surface area contributed by atoms with Crippen molar-refractivity contribution in [2.75, 3.05) is 25.5 Å². The SMILES string of the molecule is C=CC(=O)N1CC[C@H](Nc2cnc3[nH]cc(C(=O)NC4C[C@H]4C(F)(F)F)c3n2)C(OC)C1. The highest BCUT2D eigenvalue weighted by molar-refractivity contribution is 6.04. The zero-order valence-corrected chi connectivity index (χ0v) is 17.3. The van der Waals surface area contributed by atoms with E-state index in [1.54, 1.807) is 12.0 Å². The van der Waals surface area contributed by atoms with Crippen LogP contribution in [0.4, 0.5) is 19.0 Å². The Morgan fingerprint density at radius 2 is 2.16 bits per heavy atom. The van der Waals surface area contributed by atoms with E-state index < -0.39 is 24.0 Å². The summed E-state index contributed by atoms with van der Waals surface area (Å²) in [5.74, 6) is -1.92. The van der Waals surface area contributed by atoms with Gasteiger partial charge in [-0.2, -0.15) is 13.2 Å². The smallest absolute Gasteiger partial charge is 0.377 e. The number of ether oxygens (including phenoxy) is 1. The average Bonchev–Trinajstić information content (AvgIpc) is 3.42. The normalized spacial score (nSPS) is 25.4. The van der Waals surface area contributed by atoms with E-state index in [0.717, 1.165) is 0 Å².